The van der Waals surface area contributed by atoms with Crippen molar-refractivity contribution >= 4 is 72.9 Å². The van der Waals surface area contributed by atoms with Crippen LogP contribution in [-0.2, 0) is 96.3 Å². The fourth-order valence-electron chi connectivity index (χ4n) is 9.29. The minimum absolute atomic E-state index is 0. The van der Waals surface area contributed by atoms with Crippen molar-refractivity contribution in [1.29, 1.82) is 0 Å². The number of nitrogens with zero attached hydrogens (tertiary/aromatic N) is 5. The molecule has 4 aromatic carbocycles. The number of halogens is 5. The van der Waals surface area contributed by atoms with Gasteiger partial charge in [0.05, 0.1) is 13.2 Å². The summed E-state index contributed by atoms with van der Waals surface area (Å²) >= 11 is 5.84. The van der Waals surface area contributed by atoms with Crippen molar-refractivity contribution in [2.24, 2.45) is 0 Å². The largest absolute Gasteiger partial charge is 3.00 e. The Hall–Kier alpha value is -9.65. The van der Waals surface area contributed by atoms with Crippen molar-refractivity contribution in [2.45, 2.75) is 177 Å². The number of rotatable bonds is 27. The fraction of sp³-hybridized carbons (Fsp3) is 0.421. The molecule has 4 unspecified atom stereocenters. The second kappa shape index (κ2) is 51.5. The number of nitrogens with two attached hydrogens (primary N) is 2. The van der Waals surface area contributed by atoms with Crippen molar-refractivity contribution in [3.63, 3.8) is 0 Å². The normalized spacial score (nSPS) is 18.6. The minimum Gasteiger partial charge on any atom is -0.876 e. The molecule has 645 valence electrons. The van der Waals surface area contributed by atoms with Gasteiger partial charge in [-0.1, -0.05) is 139 Å². The summed E-state index contributed by atoms with van der Waals surface area (Å²) in [6.07, 6.45) is -8.54. The molecular weight excluding hydrogens is 1650 g/mol. The number of ether oxygens (including phenoxy) is 6. The third-order valence-corrected chi connectivity index (χ3v) is 17.8. The summed E-state index contributed by atoms with van der Waals surface area (Å²) in [5.41, 5.74) is 9.16. The van der Waals surface area contributed by atoms with Crippen molar-refractivity contribution in [3.8, 4) is 11.5 Å². The molecule has 0 spiro atoms. The molecule has 1 radical (unpaired) electrons. The smallest absolute Gasteiger partial charge is 0.876 e. The number of anilines is 2. The molecule has 0 amide bonds. The third-order valence-electron chi connectivity index (χ3n) is 14.5. The molecule has 2 saturated heterocycles. The number of hydrogen-bond donors (Lipinski definition) is 6. The molecule has 2 aliphatic rings. The number of carbonyl (C=O) groups excluding carboxylic acids is 6. The van der Waals surface area contributed by atoms with Crippen LogP contribution in [-0.4, -0.2) is 156 Å². The SMILES string of the molecule is CC(=O)/C=C(/C)[O-].CC(=O)/C=C(/C)[O-].CC(=O)/C=C(/C)[O-].CC(C)(C)OC(=O)OC1[C@@H](CO)O[C@@H](n2ccc(N)nc2=O)C1(F)F.CCN(CC)CC.C[C@H](NP(=O)(Cl)Oc1ccccc1)C(=O)OCc1ccccc1.C[C@H](NP(=O)(OC[C@H]1O[C@@H](n2ccc(N)nc2=O)C(F)(F)C1O)Oc1ccccc1)C(=O)OCc1ccccc1.[Fe+3]. The second-order valence-corrected chi connectivity index (χ2v) is 30.2. The zero-order chi connectivity index (χ0) is 87.9. The van der Waals surface area contributed by atoms with Crippen LogP contribution < -0.4 is 57.4 Å². The third kappa shape index (κ3) is 40.4. The summed E-state index contributed by atoms with van der Waals surface area (Å²) in [5.74, 6) is -10.2. The van der Waals surface area contributed by atoms with Crippen molar-refractivity contribution < 1.29 is 140 Å². The van der Waals surface area contributed by atoms with E-state index >= 15 is 0 Å². The molecule has 8 rings (SSSR count). The number of aliphatic hydroxyl groups is 2. The Morgan fingerprint density at radius 2 is 0.974 bits per heavy atom. The van der Waals surface area contributed by atoms with Gasteiger partial charge in [0.25, 0.3) is 0 Å². The van der Waals surface area contributed by atoms with E-state index in [0.717, 1.165) is 53.9 Å². The summed E-state index contributed by atoms with van der Waals surface area (Å²) in [6, 6.07) is 34.5. The van der Waals surface area contributed by atoms with Gasteiger partial charge in [-0.25, -0.2) is 28.6 Å². The average molecular weight is 1750 g/mol. The summed E-state index contributed by atoms with van der Waals surface area (Å²) in [6.45, 7) is 20.3. The predicted molar refractivity (Wildman–Crippen MR) is 413 cm³/mol. The van der Waals surface area contributed by atoms with Crippen LogP contribution in [0.3, 0.4) is 0 Å². The van der Waals surface area contributed by atoms with Gasteiger partial charge in [0, 0.05) is 23.6 Å². The van der Waals surface area contributed by atoms with Gasteiger partial charge in [0.2, 0.25) is 18.6 Å². The number of para-hydroxylation sites is 2. The van der Waals surface area contributed by atoms with Gasteiger partial charge < -0.3 is 79.4 Å². The molecule has 4 heterocycles. The molecule has 0 bridgehead atoms. The number of aromatic nitrogens is 4. The maximum Gasteiger partial charge on any atom is 3.00 e. The average Bonchev–Trinajstić information content (AvgIpc) is 1.62. The standard InChI is InChI=1S/C25H27F2N4O8P.C16H17ClNO4P.C14H19F2N3O6.C6H15N.3C5H8O2.Fe/c1-16(22(33)36-14-17-8-4-2-5-9-17)30-40(35,39-18-10-6-3-7-11-18)37-15-19-21(32)25(26,27)23(38-19)31-13-12-20(28)29-24(31)34;1-13(16(19)21-12-14-8-4-2-5-9-14)18-23(17,20)22-15-10-6-3-7-11-15;1-13(2,3)25-12(22)24-9-7(6-20)23-10(14(9,15)16)19-5-4-8(17)18-11(19)21;1-4-7(5-2)6-3;3*1-4(6)3-5(2)7;/h2-13,16,19,21,23,32H,14-15H2,1H3,(H,30,35)(H2,28,29,34);2-11,13H,12H2,1H3,(H,18,20);4-5,7,9-10,20H,6H2,1-3H3,(H2,17,18,21);4-6H2,1-3H3;3*3,6H,1-2H3;/q;;;;;;;+3/p-3/b;;;;3*4-3-;/t16-,19+,21?,23+,40?;13-,23?;7-,9?,10-;;;;;/m001...../s1. The molecule has 117 heavy (non-hydrogen) atoms. The monoisotopic (exact) mass is 1750 g/mol. The summed E-state index contributed by atoms with van der Waals surface area (Å²) in [4.78, 5) is 99.1. The molecule has 2 fully saturated rings. The van der Waals surface area contributed by atoms with Crippen LogP contribution >= 0.6 is 25.9 Å². The number of benzene rings is 4. The number of esters is 2. The van der Waals surface area contributed by atoms with Crippen LogP contribution in [0.1, 0.15) is 121 Å². The van der Waals surface area contributed by atoms with Gasteiger partial charge >= 0.3 is 73.0 Å². The van der Waals surface area contributed by atoms with Crippen LogP contribution in [0.15, 0.2) is 191 Å². The maximum atomic E-state index is 14.9. The van der Waals surface area contributed by atoms with E-state index in [1.54, 1.807) is 78.9 Å². The quantitative estimate of drug-likeness (QED) is 0.00536. The van der Waals surface area contributed by atoms with E-state index in [1.807, 2.05) is 30.3 Å². The Labute approximate surface area is 689 Å². The van der Waals surface area contributed by atoms with Gasteiger partial charge in [-0.15, -0.1) is 17.3 Å². The predicted octanol–water partition coefficient (Wildman–Crippen LogP) is 8.31. The number of carbonyl (C=O) groups is 6. The Morgan fingerprint density at radius 3 is 1.31 bits per heavy atom. The fourth-order valence-corrected chi connectivity index (χ4v) is 12.5. The van der Waals surface area contributed by atoms with Crippen molar-refractivity contribution in [1.82, 2.24) is 34.2 Å². The Bertz CT molecular complexity index is 4320. The molecule has 0 aliphatic carbocycles. The van der Waals surface area contributed by atoms with Crippen molar-refractivity contribution in [2.75, 3.05) is 44.3 Å². The Kier molecular flexibility index (Phi) is 46.4. The van der Waals surface area contributed by atoms with Gasteiger partial charge in [-0.3, -0.25) is 37.6 Å². The molecule has 2 aromatic heterocycles. The molecule has 41 heteroatoms. The summed E-state index contributed by atoms with van der Waals surface area (Å²) in [5, 5.41) is 54.4. The number of allylic oxidation sites excluding steroid dienone is 6. The van der Waals surface area contributed by atoms with Crippen LogP contribution in [0, 0.1) is 0 Å². The van der Waals surface area contributed by atoms with Gasteiger partial charge in [-0.2, -0.15) is 32.6 Å². The van der Waals surface area contributed by atoms with E-state index in [2.05, 4.69) is 50.6 Å². The molecule has 8 N–H and O–H groups in total. The first kappa shape index (κ1) is 105. The van der Waals surface area contributed by atoms with E-state index in [4.69, 9.17) is 60.0 Å². The molecule has 2 aliphatic heterocycles. The molecule has 0 saturated carbocycles. The van der Waals surface area contributed by atoms with E-state index in [-0.39, 0.29) is 82.3 Å². The summed E-state index contributed by atoms with van der Waals surface area (Å²) < 4.78 is 132. The first-order chi connectivity index (χ1) is 54.1. The first-order valence-electron chi connectivity index (χ1n) is 35.4. The van der Waals surface area contributed by atoms with Gasteiger partial charge in [-0.05, 0) is 141 Å². The Morgan fingerprint density at radius 1 is 0.615 bits per heavy atom. The number of hydrogen-bond acceptors (Lipinski definition) is 29. The van der Waals surface area contributed by atoms with Crippen LogP contribution in [0.4, 0.5) is 34.0 Å². The number of ketones is 3. The van der Waals surface area contributed by atoms with Crippen LogP contribution in [0.5, 0.6) is 11.5 Å². The molecule has 10 atom stereocenters. The van der Waals surface area contributed by atoms with E-state index in [0.29, 0.717) is 14.9 Å². The number of alkyl halides is 4. The van der Waals surface area contributed by atoms with E-state index in [1.165, 1.54) is 108 Å². The Balaban J connectivity index is 0.000000769. The number of nitrogens with one attached hydrogen (secondary N) is 2. The molecule has 33 nitrogen and oxygen atoms in total. The zero-order valence-corrected chi connectivity index (χ0v) is 70.2. The van der Waals surface area contributed by atoms with Crippen molar-refractivity contribution in [3.05, 3.63) is 213 Å². The van der Waals surface area contributed by atoms with E-state index in [9.17, 15) is 90.6 Å². The second-order valence-electron chi connectivity index (χ2n) is 25.8. The van der Waals surface area contributed by atoms with E-state index < -0.39 is 124 Å². The molecular formula is C76H99ClF4FeN9O24P2. The van der Waals surface area contributed by atoms with Crippen LogP contribution in [0.2, 0.25) is 0 Å². The van der Waals surface area contributed by atoms with Crippen LogP contribution in [0.25, 0.3) is 0 Å². The maximum absolute atomic E-state index is 14.9. The zero-order valence-electron chi connectivity index (χ0n) is 66.6. The van der Waals surface area contributed by atoms with Gasteiger partial charge in [0.15, 0.2) is 23.5 Å². The molecule has 6 aromatic rings. The first-order valence-corrected chi connectivity index (χ1v) is 39.4. The van der Waals surface area contributed by atoms with Gasteiger partial charge in [0.1, 0.15) is 66.2 Å². The number of nitrogen functional groups attached to an aromatic ring is 2. The number of aliphatic hydroxyl groups excluding tert-OH is 2. The summed E-state index contributed by atoms with van der Waals surface area (Å²) in [7, 11) is -4.46. The topological polar surface area (TPSA) is 478 Å². The minimum atomic E-state index is -4.46.